The van der Waals surface area contributed by atoms with Crippen molar-refractivity contribution < 1.29 is 9.84 Å². The number of hydrogen-bond donors (Lipinski definition) is 2. The van der Waals surface area contributed by atoms with E-state index in [1.54, 1.807) is 6.92 Å². The van der Waals surface area contributed by atoms with Gasteiger partial charge in [-0.1, -0.05) is 12.1 Å². The Balaban J connectivity index is 2.15. The minimum absolute atomic E-state index is 0.302. The Morgan fingerprint density at radius 1 is 1.47 bits per heavy atom. The van der Waals surface area contributed by atoms with E-state index >= 15 is 0 Å². The van der Waals surface area contributed by atoms with E-state index in [1.165, 1.54) is 5.56 Å². The number of aliphatic hydroxyl groups is 1. The van der Waals surface area contributed by atoms with Crippen molar-refractivity contribution in [2.24, 2.45) is 0 Å². The summed E-state index contributed by atoms with van der Waals surface area (Å²) >= 11 is 0. The van der Waals surface area contributed by atoms with Gasteiger partial charge in [-0.15, -0.1) is 0 Å². The van der Waals surface area contributed by atoms with E-state index in [1.807, 2.05) is 31.2 Å². The lowest BCUT2D eigenvalue weighted by molar-refractivity contribution is 0.188. The second-order valence-electron chi connectivity index (χ2n) is 3.72. The van der Waals surface area contributed by atoms with E-state index in [0.29, 0.717) is 13.2 Å². The van der Waals surface area contributed by atoms with E-state index in [9.17, 15) is 0 Å². The molecule has 0 amide bonds. The number of aryl methyl sites for hydroxylation is 1. The zero-order valence-corrected chi connectivity index (χ0v) is 9.36. The van der Waals surface area contributed by atoms with Crippen LogP contribution in [0.4, 0.5) is 0 Å². The third kappa shape index (κ3) is 5.40. The van der Waals surface area contributed by atoms with Crippen LogP contribution in [0.15, 0.2) is 24.3 Å². The third-order valence-electron chi connectivity index (χ3n) is 1.98. The van der Waals surface area contributed by atoms with Gasteiger partial charge >= 0.3 is 0 Å². The molecule has 0 unspecified atom stereocenters. The van der Waals surface area contributed by atoms with Crippen LogP contribution in [-0.4, -0.2) is 30.9 Å². The zero-order valence-electron chi connectivity index (χ0n) is 9.36. The van der Waals surface area contributed by atoms with E-state index in [0.717, 1.165) is 12.3 Å². The van der Waals surface area contributed by atoms with Crippen LogP contribution >= 0.6 is 0 Å². The van der Waals surface area contributed by atoms with Crippen LogP contribution in [0.1, 0.15) is 12.5 Å². The molecule has 0 aromatic heterocycles. The Kier molecular flexibility index (Phi) is 5.15. The second-order valence-corrected chi connectivity index (χ2v) is 3.72. The van der Waals surface area contributed by atoms with E-state index < -0.39 is 0 Å². The molecule has 3 heteroatoms. The molecule has 0 radical (unpaired) electrons. The molecule has 1 aromatic rings. The molecule has 1 rings (SSSR count). The minimum atomic E-state index is -0.302. The molecule has 0 fully saturated rings. The second kappa shape index (κ2) is 6.43. The van der Waals surface area contributed by atoms with Gasteiger partial charge in [0.25, 0.3) is 0 Å². The topological polar surface area (TPSA) is 41.5 Å². The fraction of sp³-hybridized carbons (Fsp3) is 0.500. The molecule has 84 valence electrons. The molecule has 0 aliphatic carbocycles. The first kappa shape index (κ1) is 12.0. The van der Waals surface area contributed by atoms with Crippen LogP contribution in [-0.2, 0) is 0 Å². The third-order valence-corrected chi connectivity index (χ3v) is 1.98. The van der Waals surface area contributed by atoms with Crippen molar-refractivity contribution in [2.75, 3.05) is 19.7 Å². The predicted molar refractivity (Wildman–Crippen MR) is 61.2 cm³/mol. The zero-order chi connectivity index (χ0) is 11.1. The van der Waals surface area contributed by atoms with Crippen LogP contribution in [0.5, 0.6) is 5.75 Å². The maximum absolute atomic E-state index is 9.00. The first-order valence-electron chi connectivity index (χ1n) is 5.27. The Labute approximate surface area is 91.1 Å². The maximum Gasteiger partial charge on any atom is 0.119 e. The smallest absolute Gasteiger partial charge is 0.119 e. The number of ether oxygens (including phenoxy) is 1. The fourth-order valence-electron chi connectivity index (χ4n) is 1.26. The molecule has 0 heterocycles. The van der Waals surface area contributed by atoms with E-state index in [-0.39, 0.29) is 6.10 Å². The fourth-order valence-corrected chi connectivity index (χ4v) is 1.26. The molecule has 0 spiro atoms. The van der Waals surface area contributed by atoms with E-state index in [2.05, 4.69) is 5.32 Å². The van der Waals surface area contributed by atoms with Gasteiger partial charge in [0.2, 0.25) is 0 Å². The van der Waals surface area contributed by atoms with Crippen LogP contribution in [0, 0.1) is 6.92 Å². The van der Waals surface area contributed by atoms with Gasteiger partial charge in [-0.3, -0.25) is 0 Å². The summed E-state index contributed by atoms with van der Waals surface area (Å²) in [6.45, 7) is 5.78. The van der Waals surface area contributed by atoms with Crippen molar-refractivity contribution >= 4 is 0 Å². The Morgan fingerprint density at radius 2 is 2.27 bits per heavy atom. The Morgan fingerprint density at radius 3 is 2.93 bits per heavy atom. The summed E-state index contributed by atoms with van der Waals surface area (Å²) in [7, 11) is 0. The summed E-state index contributed by atoms with van der Waals surface area (Å²) in [5, 5.41) is 12.1. The standard InChI is InChI=1S/C12H19NO2/c1-10-4-3-5-12(8-10)15-7-6-13-9-11(2)14/h3-5,8,11,13-14H,6-7,9H2,1-2H3/t11-/m1/s1. The molecule has 1 aromatic carbocycles. The van der Waals surface area contributed by atoms with Gasteiger partial charge in [-0.05, 0) is 31.5 Å². The number of nitrogens with one attached hydrogen (secondary N) is 1. The quantitative estimate of drug-likeness (QED) is 0.695. The summed E-state index contributed by atoms with van der Waals surface area (Å²) in [5.74, 6) is 0.897. The highest BCUT2D eigenvalue weighted by atomic mass is 16.5. The first-order chi connectivity index (χ1) is 7.18. The van der Waals surface area contributed by atoms with Crippen molar-refractivity contribution in [1.29, 1.82) is 0 Å². The van der Waals surface area contributed by atoms with Crippen molar-refractivity contribution in [2.45, 2.75) is 20.0 Å². The monoisotopic (exact) mass is 209 g/mol. The molecular formula is C12H19NO2. The highest BCUT2D eigenvalue weighted by molar-refractivity contribution is 5.27. The largest absolute Gasteiger partial charge is 0.492 e. The van der Waals surface area contributed by atoms with Gasteiger partial charge in [0.15, 0.2) is 0 Å². The lowest BCUT2D eigenvalue weighted by atomic mass is 10.2. The lowest BCUT2D eigenvalue weighted by Gasteiger charge is -2.09. The van der Waals surface area contributed by atoms with Crippen molar-refractivity contribution in [3.8, 4) is 5.75 Å². The first-order valence-corrected chi connectivity index (χ1v) is 5.27. The summed E-state index contributed by atoms with van der Waals surface area (Å²) in [6.07, 6.45) is -0.302. The van der Waals surface area contributed by atoms with Gasteiger partial charge in [-0.25, -0.2) is 0 Å². The number of hydrogen-bond acceptors (Lipinski definition) is 3. The molecule has 3 nitrogen and oxygen atoms in total. The molecule has 0 aliphatic rings. The van der Waals surface area contributed by atoms with Crippen LogP contribution in [0.2, 0.25) is 0 Å². The van der Waals surface area contributed by atoms with Crippen molar-refractivity contribution in [1.82, 2.24) is 5.32 Å². The van der Waals surface area contributed by atoms with Gasteiger partial charge in [0.05, 0.1) is 6.10 Å². The number of benzene rings is 1. The molecule has 0 saturated carbocycles. The van der Waals surface area contributed by atoms with Crippen LogP contribution < -0.4 is 10.1 Å². The van der Waals surface area contributed by atoms with Gasteiger partial charge < -0.3 is 15.2 Å². The molecule has 2 N–H and O–H groups in total. The van der Waals surface area contributed by atoms with Crippen molar-refractivity contribution in [3.63, 3.8) is 0 Å². The predicted octanol–water partition coefficient (Wildman–Crippen LogP) is 1.34. The summed E-state index contributed by atoms with van der Waals surface area (Å²) < 4.78 is 5.52. The van der Waals surface area contributed by atoms with E-state index in [4.69, 9.17) is 9.84 Å². The highest BCUT2D eigenvalue weighted by Crippen LogP contribution is 2.11. The summed E-state index contributed by atoms with van der Waals surface area (Å²) in [5.41, 5.74) is 1.20. The Hall–Kier alpha value is -1.06. The van der Waals surface area contributed by atoms with Gasteiger partial charge in [0, 0.05) is 13.1 Å². The maximum atomic E-state index is 9.00. The van der Waals surface area contributed by atoms with Gasteiger partial charge in [0.1, 0.15) is 12.4 Å². The molecule has 15 heavy (non-hydrogen) atoms. The van der Waals surface area contributed by atoms with Gasteiger partial charge in [-0.2, -0.15) is 0 Å². The minimum Gasteiger partial charge on any atom is -0.492 e. The van der Waals surface area contributed by atoms with Crippen LogP contribution in [0.25, 0.3) is 0 Å². The molecule has 0 bridgehead atoms. The average molecular weight is 209 g/mol. The Bertz CT molecular complexity index is 287. The lowest BCUT2D eigenvalue weighted by Crippen LogP contribution is -2.28. The molecule has 1 atom stereocenters. The normalized spacial score (nSPS) is 12.5. The average Bonchev–Trinajstić information content (AvgIpc) is 2.17. The van der Waals surface area contributed by atoms with Crippen LogP contribution in [0.3, 0.4) is 0 Å². The molecular weight excluding hydrogens is 190 g/mol. The highest BCUT2D eigenvalue weighted by Gasteiger charge is 1.95. The summed E-state index contributed by atoms with van der Waals surface area (Å²) in [4.78, 5) is 0. The SMILES string of the molecule is Cc1cccc(OCCNC[C@@H](C)O)c1. The molecule has 0 aliphatic heterocycles. The molecule has 0 saturated heterocycles. The number of aliphatic hydroxyl groups excluding tert-OH is 1. The van der Waals surface area contributed by atoms with Crippen molar-refractivity contribution in [3.05, 3.63) is 29.8 Å². The summed E-state index contributed by atoms with van der Waals surface area (Å²) in [6, 6.07) is 7.97. The number of rotatable bonds is 6.